The molecule has 6 heteroatoms. The first kappa shape index (κ1) is 17.9. The Balaban J connectivity index is 2.27. The Morgan fingerprint density at radius 2 is 1.67 bits per heavy atom. The van der Waals surface area contributed by atoms with Gasteiger partial charge in [0, 0.05) is 5.56 Å². The van der Waals surface area contributed by atoms with Crippen LogP contribution in [0.3, 0.4) is 0 Å². The Hall–Kier alpha value is -2.47. The van der Waals surface area contributed by atoms with Crippen molar-refractivity contribution in [3.63, 3.8) is 0 Å². The van der Waals surface area contributed by atoms with E-state index in [-0.39, 0.29) is 16.7 Å². The number of benzene rings is 2. The average Bonchev–Trinajstić information content (AvgIpc) is 2.55. The zero-order valence-electron chi connectivity index (χ0n) is 13.9. The van der Waals surface area contributed by atoms with E-state index in [1.807, 2.05) is 13.8 Å². The first-order valence-electron chi connectivity index (χ1n) is 7.37. The molecule has 0 atom stereocenters. The SMILES string of the molecule is C=Cc1cc(OS(=O)(=O)c2ccc(OC)cc2)ccc1OC(C)C. The molecule has 0 fully saturated rings. The molecule has 0 saturated carbocycles. The first-order chi connectivity index (χ1) is 11.4. The Morgan fingerprint density at radius 1 is 1.04 bits per heavy atom. The maximum atomic E-state index is 12.3. The lowest BCUT2D eigenvalue weighted by Crippen LogP contribution is -2.10. The van der Waals surface area contributed by atoms with Crippen LogP contribution in [0.4, 0.5) is 0 Å². The fourth-order valence-corrected chi connectivity index (χ4v) is 2.94. The molecule has 128 valence electrons. The summed E-state index contributed by atoms with van der Waals surface area (Å²) in [6.07, 6.45) is 1.59. The van der Waals surface area contributed by atoms with E-state index in [1.165, 1.54) is 19.2 Å². The van der Waals surface area contributed by atoms with Crippen molar-refractivity contribution in [2.75, 3.05) is 7.11 Å². The molecule has 0 unspecified atom stereocenters. The van der Waals surface area contributed by atoms with Gasteiger partial charge in [-0.3, -0.25) is 0 Å². The second-order valence-corrected chi connectivity index (χ2v) is 6.83. The zero-order chi connectivity index (χ0) is 17.7. The average molecular weight is 348 g/mol. The highest BCUT2D eigenvalue weighted by molar-refractivity contribution is 7.87. The molecule has 0 amide bonds. The van der Waals surface area contributed by atoms with Crippen LogP contribution in [0.15, 0.2) is 53.9 Å². The van der Waals surface area contributed by atoms with E-state index >= 15 is 0 Å². The predicted octanol–water partition coefficient (Wildman–Crippen LogP) is 3.89. The van der Waals surface area contributed by atoms with Gasteiger partial charge in [-0.25, -0.2) is 0 Å². The van der Waals surface area contributed by atoms with Crippen LogP contribution >= 0.6 is 0 Å². The smallest absolute Gasteiger partial charge is 0.339 e. The number of hydrogen-bond donors (Lipinski definition) is 0. The summed E-state index contributed by atoms with van der Waals surface area (Å²) in [4.78, 5) is 0.0472. The molecule has 0 N–H and O–H groups in total. The highest BCUT2D eigenvalue weighted by Crippen LogP contribution is 2.28. The van der Waals surface area contributed by atoms with Gasteiger partial charge in [0.15, 0.2) is 0 Å². The minimum atomic E-state index is -3.93. The highest BCUT2D eigenvalue weighted by atomic mass is 32.2. The number of hydrogen-bond acceptors (Lipinski definition) is 5. The maximum Gasteiger partial charge on any atom is 0.339 e. The molecule has 24 heavy (non-hydrogen) atoms. The molecule has 0 aliphatic rings. The molecule has 0 aliphatic carbocycles. The normalized spacial score (nSPS) is 11.2. The molecule has 2 aromatic rings. The molecule has 2 rings (SSSR count). The molecule has 0 bridgehead atoms. The van der Waals surface area contributed by atoms with Gasteiger partial charge in [0.05, 0.1) is 13.2 Å². The van der Waals surface area contributed by atoms with E-state index in [1.54, 1.807) is 36.4 Å². The summed E-state index contributed by atoms with van der Waals surface area (Å²) in [7, 11) is -2.42. The van der Waals surface area contributed by atoms with Gasteiger partial charge in [0.25, 0.3) is 0 Å². The summed E-state index contributed by atoms with van der Waals surface area (Å²) in [6.45, 7) is 7.53. The summed E-state index contributed by atoms with van der Waals surface area (Å²) in [5, 5.41) is 0. The Labute approximate surface area is 142 Å². The third-order valence-electron chi connectivity index (χ3n) is 3.12. The van der Waals surface area contributed by atoms with Crippen LogP contribution in [0.1, 0.15) is 19.4 Å². The van der Waals surface area contributed by atoms with E-state index in [2.05, 4.69) is 6.58 Å². The van der Waals surface area contributed by atoms with E-state index in [0.29, 0.717) is 17.1 Å². The predicted molar refractivity (Wildman–Crippen MR) is 93.1 cm³/mol. The fraction of sp³-hybridized carbons (Fsp3) is 0.222. The second kappa shape index (κ2) is 7.40. The van der Waals surface area contributed by atoms with Crippen molar-refractivity contribution >= 4 is 16.2 Å². The van der Waals surface area contributed by atoms with Crippen molar-refractivity contribution in [3.8, 4) is 17.2 Å². The quantitative estimate of drug-likeness (QED) is 0.710. The van der Waals surface area contributed by atoms with E-state index in [9.17, 15) is 8.42 Å². The van der Waals surface area contributed by atoms with Crippen molar-refractivity contribution in [2.45, 2.75) is 24.8 Å². The van der Waals surface area contributed by atoms with E-state index < -0.39 is 10.1 Å². The molecule has 2 aromatic carbocycles. The zero-order valence-corrected chi connectivity index (χ0v) is 14.7. The van der Waals surface area contributed by atoms with Crippen molar-refractivity contribution in [1.82, 2.24) is 0 Å². The minimum absolute atomic E-state index is 0.00139. The summed E-state index contributed by atoms with van der Waals surface area (Å²) in [6, 6.07) is 10.8. The lowest BCUT2D eigenvalue weighted by Gasteiger charge is -2.14. The van der Waals surface area contributed by atoms with Crippen LogP contribution in [0.5, 0.6) is 17.2 Å². The van der Waals surface area contributed by atoms with Crippen LogP contribution in [0.2, 0.25) is 0 Å². The summed E-state index contributed by atoms with van der Waals surface area (Å²) < 4.78 is 40.5. The van der Waals surface area contributed by atoms with Crippen LogP contribution in [0, 0.1) is 0 Å². The molecular formula is C18H20O5S. The number of methoxy groups -OCH3 is 1. The molecule has 0 aromatic heterocycles. The minimum Gasteiger partial charge on any atom is -0.497 e. The monoisotopic (exact) mass is 348 g/mol. The first-order valence-corrected chi connectivity index (χ1v) is 8.78. The largest absolute Gasteiger partial charge is 0.497 e. The van der Waals surface area contributed by atoms with Crippen molar-refractivity contribution < 1.29 is 22.1 Å². The standard InChI is InChI=1S/C18H20O5S/c1-5-14-12-16(8-11-18(14)22-13(2)3)23-24(19,20)17-9-6-15(21-4)7-10-17/h5-13H,1H2,2-4H3. The van der Waals surface area contributed by atoms with Gasteiger partial charge in [-0.05, 0) is 56.3 Å². The van der Waals surface area contributed by atoms with E-state index in [4.69, 9.17) is 13.7 Å². The number of rotatable bonds is 7. The van der Waals surface area contributed by atoms with Gasteiger partial charge in [-0.15, -0.1) is 0 Å². The Kier molecular flexibility index (Phi) is 5.51. The molecule has 0 spiro atoms. The van der Waals surface area contributed by atoms with Crippen molar-refractivity contribution in [1.29, 1.82) is 0 Å². The molecule has 5 nitrogen and oxygen atoms in total. The summed E-state index contributed by atoms with van der Waals surface area (Å²) in [5.74, 6) is 1.38. The van der Waals surface area contributed by atoms with Gasteiger partial charge in [-0.2, -0.15) is 8.42 Å². The van der Waals surface area contributed by atoms with Gasteiger partial charge in [0.2, 0.25) is 0 Å². The maximum absolute atomic E-state index is 12.3. The van der Waals surface area contributed by atoms with Gasteiger partial charge < -0.3 is 13.7 Å². The topological polar surface area (TPSA) is 61.8 Å². The fourth-order valence-electron chi connectivity index (χ4n) is 2.02. The molecular weight excluding hydrogens is 328 g/mol. The third-order valence-corrected chi connectivity index (χ3v) is 4.38. The lowest BCUT2D eigenvalue weighted by molar-refractivity contribution is 0.241. The van der Waals surface area contributed by atoms with Gasteiger partial charge >= 0.3 is 10.1 Å². The van der Waals surface area contributed by atoms with Crippen molar-refractivity contribution in [3.05, 3.63) is 54.6 Å². The van der Waals surface area contributed by atoms with Crippen LogP contribution in [-0.4, -0.2) is 21.6 Å². The molecule has 0 saturated heterocycles. The molecule has 0 heterocycles. The third kappa shape index (κ3) is 4.29. The lowest BCUT2D eigenvalue weighted by atomic mass is 10.2. The van der Waals surface area contributed by atoms with Crippen molar-refractivity contribution in [2.24, 2.45) is 0 Å². The highest BCUT2D eigenvalue weighted by Gasteiger charge is 2.17. The number of ether oxygens (including phenoxy) is 2. The molecule has 0 radical (unpaired) electrons. The second-order valence-electron chi connectivity index (χ2n) is 5.28. The summed E-state index contributed by atoms with van der Waals surface area (Å²) >= 11 is 0. The molecule has 0 aliphatic heterocycles. The summed E-state index contributed by atoms with van der Waals surface area (Å²) in [5.41, 5.74) is 0.658. The van der Waals surface area contributed by atoms with Crippen LogP contribution in [-0.2, 0) is 10.1 Å². The van der Waals surface area contributed by atoms with Gasteiger partial charge in [-0.1, -0.05) is 12.7 Å². The van der Waals surface area contributed by atoms with Crippen LogP contribution < -0.4 is 13.7 Å². The van der Waals surface area contributed by atoms with Gasteiger partial charge in [0.1, 0.15) is 22.1 Å². The van der Waals surface area contributed by atoms with Crippen LogP contribution in [0.25, 0.3) is 6.08 Å². The Morgan fingerprint density at radius 3 is 2.21 bits per heavy atom. The van der Waals surface area contributed by atoms with E-state index in [0.717, 1.165) is 0 Å². The Bertz CT molecular complexity index is 808.